The largest absolute Gasteiger partial charge is 0.479 e. The van der Waals surface area contributed by atoms with Gasteiger partial charge in [0.15, 0.2) is 0 Å². The maximum absolute atomic E-state index is 12.1. The highest BCUT2D eigenvalue weighted by Crippen LogP contribution is 2.34. The van der Waals surface area contributed by atoms with Crippen molar-refractivity contribution in [3.63, 3.8) is 0 Å². The topological polar surface area (TPSA) is 69.6 Å². The van der Waals surface area contributed by atoms with Gasteiger partial charge >= 0.3 is 5.97 Å². The van der Waals surface area contributed by atoms with Crippen molar-refractivity contribution >= 4 is 11.9 Å². The molecule has 2 saturated heterocycles. The molecule has 2 fully saturated rings. The van der Waals surface area contributed by atoms with E-state index in [0.29, 0.717) is 32.5 Å². The summed E-state index contributed by atoms with van der Waals surface area (Å²) >= 11 is 0. The van der Waals surface area contributed by atoms with Crippen LogP contribution in [-0.2, 0) is 9.59 Å². The minimum Gasteiger partial charge on any atom is -0.479 e. The summed E-state index contributed by atoms with van der Waals surface area (Å²) in [6.07, 6.45) is 1.88. The Bertz CT molecular complexity index is 314. The summed E-state index contributed by atoms with van der Waals surface area (Å²) in [6, 6.07) is 0. The van der Waals surface area contributed by atoms with E-state index >= 15 is 0 Å². The SMILES string of the molecule is CCC1(C(=O)O)CCCN1C(=O)C1CNC1. The van der Waals surface area contributed by atoms with E-state index in [0.717, 1.165) is 6.42 Å². The minimum atomic E-state index is -0.938. The Balaban J connectivity index is 2.18. The number of nitrogens with one attached hydrogen (secondary N) is 1. The van der Waals surface area contributed by atoms with E-state index in [2.05, 4.69) is 5.32 Å². The van der Waals surface area contributed by atoms with Crippen LogP contribution in [0.1, 0.15) is 26.2 Å². The van der Waals surface area contributed by atoms with Crippen molar-refractivity contribution in [2.45, 2.75) is 31.7 Å². The Morgan fingerprint density at radius 3 is 2.62 bits per heavy atom. The summed E-state index contributed by atoms with van der Waals surface area (Å²) < 4.78 is 0. The maximum Gasteiger partial charge on any atom is 0.329 e. The van der Waals surface area contributed by atoms with Crippen molar-refractivity contribution in [2.75, 3.05) is 19.6 Å². The summed E-state index contributed by atoms with van der Waals surface area (Å²) in [7, 11) is 0. The molecule has 1 atom stereocenters. The van der Waals surface area contributed by atoms with Gasteiger partial charge in [-0.15, -0.1) is 0 Å². The number of carbonyl (C=O) groups is 2. The number of rotatable bonds is 3. The third-order valence-electron chi connectivity index (χ3n) is 3.87. The first-order valence-corrected chi connectivity index (χ1v) is 5.87. The van der Waals surface area contributed by atoms with Crippen LogP contribution in [0.25, 0.3) is 0 Å². The predicted molar refractivity (Wildman–Crippen MR) is 58.0 cm³/mol. The molecule has 2 aliphatic heterocycles. The molecule has 2 aliphatic rings. The molecule has 0 aromatic rings. The molecule has 16 heavy (non-hydrogen) atoms. The van der Waals surface area contributed by atoms with E-state index in [1.807, 2.05) is 6.92 Å². The zero-order valence-corrected chi connectivity index (χ0v) is 9.53. The molecule has 0 saturated carbocycles. The fourth-order valence-corrected chi connectivity index (χ4v) is 2.62. The van der Waals surface area contributed by atoms with Crippen molar-refractivity contribution in [3.05, 3.63) is 0 Å². The average molecular weight is 226 g/mol. The lowest BCUT2D eigenvalue weighted by Crippen LogP contribution is -2.59. The molecule has 0 spiro atoms. The Hall–Kier alpha value is -1.10. The number of nitrogens with zero attached hydrogens (tertiary/aromatic N) is 1. The van der Waals surface area contributed by atoms with E-state index in [4.69, 9.17) is 0 Å². The zero-order valence-electron chi connectivity index (χ0n) is 9.53. The van der Waals surface area contributed by atoms with Gasteiger partial charge in [-0.1, -0.05) is 6.92 Å². The number of aliphatic carboxylic acids is 1. The van der Waals surface area contributed by atoms with E-state index in [-0.39, 0.29) is 11.8 Å². The van der Waals surface area contributed by atoms with Crippen molar-refractivity contribution in [3.8, 4) is 0 Å². The summed E-state index contributed by atoms with van der Waals surface area (Å²) in [6.45, 7) is 3.82. The van der Waals surface area contributed by atoms with E-state index in [1.165, 1.54) is 0 Å². The van der Waals surface area contributed by atoms with Crippen LogP contribution in [-0.4, -0.2) is 47.1 Å². The third kappa shape index (κ3) is 1.50. The Kier molecular flexibility index (Phi) is 2.88. The fourth-order valence-electron chi connectivity index (χ4n) is 2.62. The molecule has 0 radical (unpaired) electrons. The molecular weight excluding hydrogens is 208 g/mol. The standard InChI is InChI=1S/C11H18N2O3/c1-2-11(10(15)16)4-3-5-13(11)9(14)8-6-12-7-8/h8,12H,2-7H2,1H3,(H,15,16). The summed E-state index contributed by atoms with van der Waals surface area (Å²) in [5, 5.41) is 12.4. The summed E-state index contributed by atoms with van der Waals surface area (Å²) in [5.41, 5.74) is -0.938. The highest BCUT2D eigenvalue weighted by Gasteiger charge is 2.50. The van der Waals surface area contributed by atoms with Gasteiger partial charge < -0.3 is 15.3 Å². The number of hydrogen-bond donors (Lipinski definition) is 2. The molecule has 0 bridgehead atoms. The van der Waals surface area contributed by atoms with Gasteiger partial charge in [0, 0.05) is 19.6 Å². The summed E-state index contributed by atoms with van der Waals surface area (Å²) in [4.78, 5) is 25.1. The molecule has 2 rings (SSSR count). The molecule has 2 heterocycles. The van der Waals surface area contributed by atoms with Gasteiger partial charge in [-0.25, -0.2) is 4.79 Å². The van der Waals surface area contributed by atoms with Crippen LogP contribution in [0, 0.1) is 5.92 Å². The van der Waals surface area contributed by atoms with Gasteiger partial charge in [0.05, 0.1) is 5.92 Å². The Labute approximate surface area is 94.8 Å². The lowest BCUT2D eigenvalue weighted by Gasteiger charge is -2.38. The number of likely N-dealkylation sites (tertiary alicyclic amines) is 1. The van der Waals surface area contributed by atoms with Crippen LogP contribution >= 0.6 is 0 Å². The fraction of sp³-hybridized carbons (Fsp3) is 0.818. The number of carbonyl (C=O) groups excluding carboxylic acids is 1. The smallest absolute Gasteiger partial charge is 0.329 e. The van der Waals surface area contributed by atoms with Crippen molar-refractivity contribution < 1.29 is 14.7 Å². The molecule has 5 nitrogen and oxygen atoms in total. The monoisotopic (exact) mass is 226 g/mol. The lowest BCUT2D eigenvalue weighted by atomic mass is 9.91. The molecule has 1 unspecified atom stereocenters. The quantitative estimate of drug-likeness (QED) is 0.714. The Morgan fingerprint density at radius 2 is 2.19 bits per heavy atom. The Morgan fingerprint density at radius 1 is 1.50 bits per heavy atom. The molecule has 0 aromatic heterocycles. The second-order valence-electron chi connectivity index (χ2n) is 4.64. The number of hydrogen-bond acceptors (Lipinski definition) is 3. The molecule has 0 aromatic carbocycles. The van der Waals surface area contributed by atoms with Gasteiger partial charge in [-0.05, 0) is 19.3 Å². The number of amides is 1. The van der Waals surface area contributed by atoms with Gasteiger partial charge in [0.1, 0.15) is 5.54 Å². The zero-order chi connectivity index (χ0) is 11.8. The van der Waals surface area contributed by atoms with Crippen molar-refractivity contribution in [1.82, 2.24) is 10.2 Å². The second-order valence-corrected chi connectivity index (χ2v) is 4.64. The number of carboxylic acids is 1. The van der Waals surface area contributed by atoms with Crippen LogP contribution in [0.2, 0.25) is 0 Å². The van der Waals surface area contributed by atoms with Gasteiger partial charge in [-0.3, -0.25) is 4.79 Å². The van der Waals surface area contributed by atoms with E-state index in [1.54, 1.807) is 4.90 Å². The van der Waals surface area contributed by atoms with Crippen LogP contribution < -0.4 is 5.32 Å². The molecular formula is C11H18N2O3. The van der Waals surface area contributed by atoms with Crippen LogP contribution in [0.4, 0.5) is 0 Å². The normalized spacial score (nSPS) is 30.2. The first-order chi connectivity index (χ1) is 7.62. The number of carboxylic acid groups (broad SMARTS) is 1. The maximum atomic E-state index is 12.1. The first-order valence-electron chi connectivity index (χ1n) is 5.87. The second kappa shape index (κ2) is 4.05. The molecule has 5 heteroatoms. The van der Waals surface area contributed by atoms with Crippen LogP contribution in [0.3, 0.4) is 0 Å². The van der Waals surface area contributed by atoms with Crippen LogP contribution in [0.5, 0.6) is 0 Å². The lowest BCUT2D eigenvalue weighted by molar-refractivity contribution is -0.159. The van der Waals surface area contributed by atoms with E-state index < -0.39 is 11.5 Å². The average Bonchev–Trinajstić information content (AvgIpc) is 2.59. The first kappa shape index (κ1) is 11.4. The molecule has 1 amide bonds. The highest BCUT2D eigenvalue weighted by molar-refractivity contribution is 5.89. The molecule has 90 valence electrons. The highest BCUT2D eigenvalue weighted by atomic mass is 16.4. The summed E-state index contributed by atoms with van der Waals surface area (Å²) in [5.74, 6) is -0.850. The predicted octanol–water partition coefficient (Wildman–Crippen LogP) is 0.0616. The minimum absolute atomic E-state index is 0.0108. The third-order valence-corrected chi connectivity index (χ3v) is 3.87. The van der Waals surface area contributed by atoms with Gasteiger partial charge in [0.2, 0.25) is 5.91 Å². The molecule has 0 aliphatic carbocycles. The van der Waals surface area contributed by atoms with Gasteiger partial charge in [0.25, 0.3) is 0 Å². The van der Waals surface area contributed by atoms with Crippen molar-refractivity contribution in [2.24, 2.45) is 5.92 Å². The van der Waals surface area contributed by atoms with Crippen molar-refractivity contribution in [1.29, 1.82) is 0 Å². The van der Waals surface area contributed by atoms with Crippen LogP contribution in [0.15, 0.2) is 0 Å². The van der Waals surface area contributed by atoms with E-state index in [9.17, 15) is 14.7 Å². The molecule has 2 N–H and O–H groups in total. The van der Waals surface area contributed by atoms with Gasteiger partial charge in [-0.2, -0.15) is 0 Å².